The van der Waals surface area contributed by atoms with E-state index in [4.69, 9.17) is 5.73 Å². The van der Waals surface area contributed by atoms with E-state index in [2.05, 4.69) is 44.9 Å². The first-order valence-electron chi connectivity index (χ1n) is 16.6. The van der Waals surface area contributed by atoms with Gasteiger partial charge in [-0.2, -0.15) is 0 Å². The number of amides is 3. The lowest BCUT2D eigenvalue weighted by Crippen LogP contribution is -2.41. The molecule has 0 saturated carbocycles. The van der Waals surface area contributed by atoms with Gasteiger partial charge >= 0.3 is 5.97 Å². The van der Waals surface area contributed by atoms with E-state index >= 15 is 0 Å². The second-order valence-electron chi connectivity index (χ2n) is 12.7. The molecule has 0 radical (unpaired) electrons. The van der Waals surface area contributed by atoms with Gasteiger partial charge in [0.2, 0.25) is 11.8 Å². The van der Waals surface area contributed by atoms with Gasteiger partial charge in [-0.3, -0.25) is 19.3 Å². The monoisotopic (exact) mass is 671 g/mol. The Labute approximate surface area is 285 Å². The fourth-order valence-corrected chi connectivity index (χ4v) is 5.75. The number of hydrogen-bond acceptors (Lipinski definition) is 7. The first-order valence-corrected chi connectivity index (χ1v) is 17.5. The Kier molecular flexibility index (Phi) is 19.5. The van der Waals surface area contributed by atoms with Gasteiger partial charge in [-0.05, 0) is 57.2 Å². The predicted octanol–water partition coefficient (Wildman–Crippen LogP) is 5.57. The first kappa shape index (κ1) is 41.5. The molecule has 0 aliphatic carbocycles. The van der Waals surface area contributed by atoms with Crippen molar-refractivity contribution in [2.24, 2.45) is 17.6 Å². The predicted molar refractivity (Wildman–Crippen MR) is 190 cm³/mol. The summed E-state index contributed by atoms with van der Waals surface area (Å²) >= 11 is 1.43. The highest BCUT2D eigenvalue weighted by Gasteiger charge is 2.24. The zero-order chi connectivity index (χ0) is 35.5. The van der Waals surface area contributed by atoms with Crippen molar-refractivity contribution < 1.29 is 24.3 Å². The van der Waals surface area contributed by atoms with Crippen LogP contribution in [0.15, 0.2) is 47.4 Å². The molecule has 0 aliphatic heterocycles. The number of aromatic nitrogens is 1. The maximum atomic E-state index is 13.0. The summed E-state index contributed by atoms with van der Waals surface area (Å²) < 4.78 is 0. The fourth-order valence-electron chi connectivity index (χ4n) is 4.96. The number of primary amides is 1. The fraction of sp³-hybridized carbons (Fsp3) is 0.583. The van der Waals surface area contributed by atoms with Crippen LogP contribution in [0.2, 0.25) is 0 Å². The molecule has 1 aromatic carbocycles. The van der Waals surface area contributed by atoms with Crippen LogP contribution in [0.3, 0.4) is 0 Å². The van der Waals surface area contributed by atoms with E-state index < -0.39 is 12.0 Å². The molecule has 0 saturated heterocycles. The molecular formula is C36H57N5O5S. The van der Waals surface area contributed by atoms with Gasteiger partial charge < -0.3 is 21.1 Å². The number of carboxylic acid groups (broad SMARTS) is 1. The van der Waals surface area contributed by atoms with E-state index in [1.165, 1.54) is 18.3 Å². The number of hydrogen-bond donors (Lipinski definition) is 3. The van der Waals surface area contributed by atoms with Crippen molar-refractivity contribution in [3.8, 4) is 0 Å². The minimum atomic E-state index is -1.02. The molecule has 2 rings (SSSR count). The molecule has 0 bridgehead atoms. The Balaban J connectivity index is 0.000000950. The van der Waals surface area contributed by atoms with Gasteiger partial charge in [0.25, 0.3) is 5.91 Å². The lowest BCUT2D eigenvalue weighted by atomic mass is 9.96. The molecular weight excluding hydrogens is 614 g/mol. The minimum absolute atomic E-state index is 0.0946. The first-order chi connectivity index (χ1) is 22.2. The normalized spacial score (nSPS) is 13.4. The van der Waals surface area contributed by atoms with Crippen LogP contribution < -0.4 is 11.1 Å². The number of thiazole rings is 1. The number of benzene rings is 1. The maximum Gasteiger partial charge on any atom is 0.331 e. The molecule has 3 amide bonds. The van der Waals surface area contributed by atoms with Gasteiger partial charge in [0.15, 0.2) is 0 Å². The number of nitrogens with one attached hydrogen (secondary N) is 1. The van der Waals surface area contributed by atoms with Gasteiger partial charge in [-0.15, -0.1) is 11.3 Å². The number of aryl methyl sites for hydroxylation is 1. The number of carbonyl (C=O) groups is 4. The highest BCUT2D eigenvalue weighted by atomic mass is 32.1. The molecule has 10 nitrogen and oxygen atoms in total. The summed E-state index contributed by atoms with van der Waals surface area (Å²) in [4.78, 5) is 55.8. The van der Waals surface area contributed by atoms with Crippen LogP contribution >= 0.6 is 11.3 Å². The number of carboxylic acids is 1. The average molecular weight is 672 g/mol. The summed E-state index contributed by atoms with van der Waals surface area (Å²) in [5.74, 6) is -0.769. The third kappa shape index (κ3) is 16.7. The number of nitrogens with zero attached hydrogens (tertiary/aromatic N) is 3. The second kappa shape index (κ2) is 22.1. The molecule has 0 aliphatic rings. The number of unbranched alkanes of at least 4 members (excludes halogenated alkanes) is 1. The van der Waals surface area contributed by atoms with Crippen LogP contribution in [0, 0.1) is 11.8 Å². The lowest BCUT2D eigenvalue weighted by molar-refractivity contribution is -0.134. The molecule has 0 spiro atoms. The molecule has 4 N–H and O–H groups in total. The Morgan fingerprint density at radius 2 is 1.74 bits per heavy atom. The van der Waals surface area contributed by atoms with Crippen LogP contribution in [0.5, 0.6) is 0 Å². The van der Waals surface area contributed by atoms with Crippen LogP contribution in [0.1, 0.15) is 94.7 Å². The van der Waals surface area contributed by atoms with Crippen LogP contribution in [0.4, 0.5) is 0 Å². The van der Waals surface area contributed by atoms with Crippen molar-refractivity contribution in [1.82, 2.24) is 20.1 Å². The summed E-state index contributed by atoms with van der Waals surface area (Å²) in [5, 5.41) is 14.8. The maximum absolute atomic E-state index is 13.0. The van der Waals surface area contributed by atoms with Gasteiger partial charge in [0.1, 0.15) is 5.69 Å². The Morgan fingerprint density at radius 1 is 1.09 bits per heavy atom. The number of nitrogens with two attached hydrogens (primary N) is 1. The molecule has 3 atom stereocenters. The number of likely N-dealkylation sites (N-methyl/N-ethyl adjacent to an activating group) is 1. The van der Waals surface area contributed by atoms with Crippen molar-refractivity contribution >= 4 is 35.0 Å². The third-order valence-electron chi connectivity index (χ3n) is 8.04. The van der Waals surface area contributed by atoms with Crippen molar-refractivity contribution in [1.29, 1.82) is 0 Å². The zero-order valence-corrected chi connectivity index (χ0v) is 30.4. The molecule has 3 unspecified atom stereocenters. The standard InChI is InChI=1S/C29H41N3O4S.C7H16N2O/c1-7-20(4)15-27(33)32(6)25(19(2)3)13-14-26-31-24(18-37-26)28(34)30-23(16-21(5)29(35)36)17-22-11-9-8-10-12-22;1-3-4-5-9(2)6-7(8)10/h8-12,16,18-20,23,25H,7,13-15,17H2,1-6H3,(H,30,34)(H,35,36);3-6H2,1-2H3,(H2,8,10)/b21-16+;. The van der Waals surface area contributed by atoms with E-state index in [9.17, 15) is 24.3 Å². The lowest BCUT2D eigenvalue weighted by Gasteiger charge is -2.32. The van der Waals surface area contributed by atoms with Crippen molar-refractivity contribution in [3.63, 3.8) is 0 Å². The minimum Gasteiger partial charge on any atom is -0.478 e. The van der Waals surface area contributed by atoms with Gasteiger partial charge in [0.05, 0.1) is 17.6 Å². The summed E-state index contributed by atoms with van der Waals surface area (Å²) in [6, 6.07) is 9.24. The van der Waals surface area contributed by atoms with Crippen molar-refractivity contribution in [3.05, 3.63) is 63.6 Å². The molecule has 1 heterocycles. The van der Waals surface area contributed by atoms with E-state index in [-0.39, 0.29) is 29.3 Å². The van der Waals surface area contributed by atoms with Crippen molar-refractivity contribution in [2.45, 2.75) is 98.6 Å². The smallest absolute Gasteiger partial charge is 0.331 e. The summed E-state index contributed by atoms with van der Waals surface area (Å²) in [6.07, 6.45) is 7.30. The van der Waals surface area contributed by atoms with Gasteiger partial charge in [0, 0.05) is 36.9 Å². The highest BCUT2D eigenvalue weighted by Crippen LogP contribution is 2.21. The molecule has 2 aromatic rings. The SMILES string of the molecule is CCC(C)CC(=O)N(C)C(CCc1nc(C(=O)NC(/C=C(\C)C(=O)O)Cc2ccccc2)cs1)C(C)C.CCCCN(C)CC(N)=O. The molecule has 0 fully saturated rings. The van der Waals surface area contributed by atoms with Gasteiger partial charge in [-0.1, -0.05) is 83.9 Å². The van der Waals surface area contributed by atoms with Crippen molar-refractivity contribution in [2.75, 3.05) is 27.2 Å². The summed E-state index contributed by atoms with van der Waals surface area (Å²) in [5.41, 5.74) is 6.47. The topological polar surface area (TPSA) is 146 Å². The third-order valence-corrected chi connectivity index (χ3v) is 8.95. The zero-order valence-electron chi connectivity index (χ0n) is 29.6. The molecule has 11 heteroatoms. The number of aliphatic carboxylic acids is 1. The quantitative estimate of drug-likeness (QED) is 0.166. The Hall–Kier alpha value is -3.57. The van der Waals surface area contributed by atoms with Gasteiger partial charge in [-0.25, -0.2) is 9.78 Å². The largest absolute Gasteiger partial charge is 0.478 e. The number of rotatable bonds is 19. The van der Waals surface area contributed by atoms with Crippen LogP contribution in [-0.2, 0) is 27.2 Å². The molecule has 47 heavy (non-hydrogen) atoms. The van der Waals surface area contributed by atoms with Crippen LogP contribution in [0.25, 0.3) is 0 Å². The van der Waals surface area contributed by atoms with E-state index in [1.54, 1.807) is 11.5 Å². The molecule has 1 aromatic heterocycles. The summed E-state index contributed by atoms with van der Waals surface area (Å²) in [6.45, 7) is 13.4. The van der Waals surface area contributed by atoms with Crippen LogP contribution in [-0.4, -0.2) is 82.8 Å². The van der Waals surface area contributed by atoms with E-state index in [0.717, 1.165) is 42.8 Å². The van der Waals surface area contributed by atoms with E-state index in [1.807, 2.05) is 54.2 Å². The molecule has 262 valence electrons. The highest BCUT2D eigenvalue weighted by molar-refractivity contribution is 7.09. The Bertz CT molecular complexity index is 1280. The average Bonchev–Trinajstić information content (AvgIpc) is 3.49. The van der Waals surface area contributed by atoms with E-state index in [0.29, 0.717) is 43.3 Å². The number of carbonyl (C=O) groups excluding carboxylic acids is 3. The Morgan fingerprint density at radius 3 is 2.30 bits per heavy atom. The summed E-state index contributed by atoms with van der Waals surface area (Å²) in [7, 11) is 3.79. The second-order valence-corrected chi connectivity index (χ2v) is 13.6.